The van der Waals surface area contributed by atoms with Crippen molar-refractivity contribution in [3.63, 3.8) is 0 Å². The lowest BCUT2D eigenvalue weighted by molar-refractivity contribution is -0.117. The zero-order valence-electron chi connectivity index (χ0n) is 14.9. The molecule has 2 aromatic rings. The lowest BCUT2D eigenvalue weighted by atomic mass is 10.3. The Labute approximate surface area is 164 Å². The van der Waals surface area contributed by atoms with E-state index in [1.807, 2.05) is 0 Å². The van der Waals surface area contributed by atoms with Crippen LogP contribution in [0.4, 0.5) is 5.69 Å². The van der Waals surface area contributed by atoms with Crippen LogP contribution in [0.2, 0.25) is 5.02 Å². The van der Waals surface area contributed by atoms with Crippen LogP contribution in [0.3, 0.4) is 0 Å². The van der Waals surface area contributed by atoms with Gasteiger partial charge >= 0.3 is 5.97 Å². The van der Waals surface area contributed by atoms with Crippen LogP contribution in [0, 0.1) is 0 Å². The molecule has 0 bridgehead atoms. The van der Waals surface area contributed by atoms with Crippen LogP contribution < -0.4 is 15.6 Å². The van der Waals surface area contributed by atoms with E-state index in [1.54, 1.807) is 25.3 Å². The van der Waals surface area contributed by atoms with Gasteiger partial charge in [-0.3, -0.25) is 14.2 Å². The molecule has 0 aliphatic rings. The number of methoxy groups -OCH3 is 1. The van der Waals surface area contributed by atoms with E-state index in [0.717, 1.165) is 10.8 Å². The molecule has 10 heteroatoms. The topological polar surface area (TPSA) is 99.5 Å². The predicted octanol–water partition coefficient (Wildman–Crippen LogP) is 2.44. The van der Waals surface area contributed by atoms with E-state index in [2.05, 4.69) is 10.3 Å². The fourth-order valence-corrected chi connectivity index (χ4v) is 2.94. The van der Waals surface area contributed by atoms with E-state index in [4.69, 9.17) is 21.1 Å². The second-order valence-corrected chi connectivity index (χ2v) is 6.37. The molecule has 1 amide bonds. The molecule has 144 valence electrons. The number of amides is 1. The molecule has 0 unspecified atom stereocenters. The summed E-state index contributed by atoms with van der Waals surface area (Å²) in [4.78, 5) is 41.0. The number of thioether (sulfide) groups is 1. The van der Waals surface area contributed by atoms with Gasteiger partial charge in [0.15, 0.2) is 5.16 Å². The van der Waals surface area contributed by atoms with Crippen molar-refractivity contribution in [1.82, 2.24) is 9.55 Å². The number of anilines is 1. The Morgan fingerprint density at radius 1 is 1.37 bits per heavy atom. The number of nitrogens with one attached hydrogen (secondary N) is 1. The third-order valence-electron chi connectivity index (χ3n) is 3.43. The normalized spacial score (nSPS) is 10.4. The van der Waals surface area contributed by atoms with Gasteiger partial charge in [0, 0.05) is 5.02 Å². The molecule has 1 aromatic carbocycles. The van der Waals surface area contributed by atoms with Gasteiger partial charge in [-0.2, -0.15) is 0 Å². The van der Waals surface area contributed by atoms with E-state index in [9.17, 15) is 14.4 Å². The Hall–Kier alpha value is -2.52. The highest BCUT2D eigenvalue weighted by atomic mass is 35.5. The van der Waals surface area contributed by atoms with Crippen molar-refractivity contribution in [2.75, 3.05) is 25.3 Å². The molecule has 0 aliphatic heterocycles. The fourth-order valence-electron chi connectivity index (χ4n) is 2.24. The van der Waals surface area contributed by atoms with Crippen LogP contribution in [-0.4, -0.2) is 41.4 Å². The number of aromatic nitrogens is 2. The standard InChI is InChI=1S/C17H18ClN3O5S/c1-4-26-16(24)11-8-19-17(27-3)21(15(11)23)9-14(22)20-12-7-10(18)5-6-13(12)25-2/h5-8H,4,9H2,1-3H3,(H,20,22). The smallest absolute Gasteiger partial charge is 0.345 e. The fraction of sp³-hybridized carbons (Fsp3) is 0.294. The largest absolute Gasteiger partial charge is 0.495 e. The van der Waals surface area contributed by atoms with Crippen molar-refractivity contribution >= 4 is 40.9 Å². The first-order chi connectivity index (χ1) is 12.9. The molecule has 1 heterocycles. The summed E-state index contributed by atoms with van der Waals surface area (Å²) < 4.78 is 11.1. The minimum absolute atomic E-state index is 0.123. The van der Waals surface area contributed by atoms with Crippen molar-refractivity contribution in [2.45, 2.75) is 18.6 Å². The molecule has 0 spiro atoms. The van der Waals surface area contributed by atoms with Crippen LogP contribution in [-0.2, 0) is 16.1 Å². The maximum Gasteiger partial charge on any atom is 0.345 e. The summed E-state index contributed by atoms with van der Waals surface area (Å²) in [5.41, 5.74) is -0.521. The average molecular weight is 412 g/mol. The van der Waals surface area contributed by atoms with Crippen LogP contribution in [0.25, 0.3) is 0 Å². The average Bonchev–Trinajstić information content (AvgIpc) is 2.63. The molecule has 2 rings (SSSR count). The number of ether oxygens (including phenoxy) is 2. The zero-order valence-corrected chi connectivity index (χ0v) is 16.5. The Morgan fingerprint density at radius 2 is 2.11 bits per heavy atom. The van der Waals surface area contributed by atoms with Gasteiger partial charge < -0.3 is 14.8 Å². The SMILES string of the molecule is CCOC(=O)c1cnc(SC)n(CC(=O)Nc2cc(Cl)ccc2OC)c1=O. The van der Waals surface area contributed by atoms with E-state index < -0.39 is 17.4 Å². The first kappa shape index (κ1) is 20.8. The lowest BCUT2D eigenvalue weighted by Gasteiger charge is -2.13. The molecule has 27 heavy (non-hydrogen) atoms. The summed E-state index contributed by atoms with van der Waals surface area (Å²) in [7, 11) is 1.46. The molecule has 0 fully saturated rings. The van der Waals surface area contributed by atoms with Gasteiger partial charge in [0.25, 0.3) is 5.56 Å². The van der Waals surface area contributed by atoms with Gasteiger partial charge in [0.1, 0.15) is 17.9 Å². The first-order valence-corrected chi connectivity index (χ1v) is 9.45. The minimum atomic E-state index is -0.784. The number of hydrogen-bond donors (Lipinski definition) is 1. The van der Waals surface area contributed by atoms with Gasteiger partial charge in [-0.1, -0.05) is 23.4 Å². The number of carbonyl (C=O) groups is 2. The van der Waals surface area contributed by atoms with Crippen molar-refractivity contribution in [3.8, 4) is 5.75 Å². The number of benzene rings is 1. The number of esters is 1. The summed E-state index contributed by atoms with van der Waals surface area (Å²) in [5.74, 6) is -0.868. The molecule has 0 radical (unpaired) electrons. The summed E-state index contributed by atoms with van der Waals surface area (Å²) in [6.45, 7) is 1.41. The number of carbonyl (C=O) groups excluding carboxylic acids is 2. The molecule has 8 nitrogen and oxygen atoms in total. The number of hydrogen-bond acceptors (Lipinski definition) is 7. The molecular formula is C17H18ClN3O5S. The summed E-state index contributed by atoms with van der Waals surface area (Å²) in [5, 5.41) is 3.35. The Bertz CT molecular complexity index is 916. The Kier molecular flexibility index (Phi) is 7.26. The Balaban J connectivity index is 2.32. The quantitative estimate of drug-likeness (QED) is 0.424. The molecule has 0 atom stereocenters. The molecule has 0 aliphatic carbocycles. The van der Waals surface area contributed by atoms with Crippen molar-refractivity contribution < 1.29 is 19.1 Å². The van der Waals surface area contributed by atoms with Crippen molar-refractivity contribution in [1.29, 1.82) is 0 Å². The van der Waals surface area contributed by atoms with Crippen LogP contribution in [0.15, 0.2) is 34.3 Å². The van der Waals surface area contributed by atoms with Gasteiger partial charge in [0.05, 0.1) is 25.6 Å². The van der Waals surface area contributed by atoms with E-state index >= 15 is 0 Å². The molecule has 1 N–H and O–H groups in total. The van der Waals surface area contributed by atoms with Gasteiger partial charge in [-0.15, -0.1) is 0 Å². The van der Waals surface area contributed by atoms with E-state index in [-0.39, 0.29) is 18.7 Å². The van der Waals surface area contributed by atoms with Crippen LogP contribution >= 0.6 is 23.4 Å². The highest BCUT2D eigenvalue weighted by Gasteiger charge is 2.19. The molecule has 0 saturated heterocycles. The Morgan fingerprint density at radius 3 is 2.74 bits per heavy atom. The molecule has 0 saturated carbocycles. The van der Waals surface area contributed by atoms with E-state index in [1.165, 1.54) is 24.9 Å². The van der Waals surface area contributed by atoms with Gasteiger partial charge in [-0.05, 0) is 31.4 Å². The second kappa shape index (κ2) is 9.43. The minimum Gasteiger partial charge on any atom is -0.495 e. The third kappa shape index (κ3) is 5.01. The second-order valence-electron chi connectivity index (χ2n) is 5.16. The van der Waals surface area contributed by atoms with Crippen LogP contribution in [0.5, 0.6) is 5.75 Å². The summed E-state index contributed by atoms with van der Waals surface area (Å²) in [6, 6.07) is 4.77. The lowest BCUT2D eigenvalue weighted by Crippen LogP contribution is -2.33. The monoisotopic (exact) mass is 411 g/mol. The molecule has 1 aromatic heterocycles. The number of nitrogens with zero attached hydrogens (tertiary/aromatic N) is 2. The first-order valence-electron chi connectivity index (χ1n) is 7.85. The van der Waals surface area contributed by atoms with Crippen LogP contribution in [0.1, 0.15) is 17.3 Å². The predicted molar refractivity (Wildman–Crippen MR) is 103 cm³/mol. The van der Waals surface area contributed by atoms with E-state index in [0.29, 0.717) is 21.6 Å². The highest BCUT2D eigenvalue weighted by molar-refractivity contribution is 7.98. The maximum atomic E-state index is 12.6. The zero-order chi connectivity index (χ0) is 20.0. The van der Waals surface area contributed by atoms with Gasteiger partial charge in [0.2, 0.25) is 5.91 Å². The maximum absolute atomic E-state index is 12.6. The molecular weight excluding hydrogens is 394 g/mol. The number of halogens is 1. The van der Waals surface area contributed by atoms with Crippen molar-refractivity contribution in [3.05, 3.63) is 45.3 Å². The van der Waals surface area contributed by atoms with Crippen molar-refractivity contribution in [2.24, 2.45) is 0 Å². The summed E-state index contributed by atoms with van der Waals surface area (Å²) in [6.07, 6.45) is 2.86. The number of rotatable bonds is 7. The van der Waals surface area contributed by atoms with Gasteiger partial charge in [-0.25, -0.2) is 9.78 Å². The third-order valence-corrected chi connectivity index (χ3v) is 4.35. The summed E-state index contributed by atoms with van der Waals surface area (Å²) >= 11 is 7.12. The highest BCUT2D eigenvalue weighted by Crippen LogP contribution is 2.27.